The lowest BCUT2D eigenvalue weighted by molar-refractivity contribution is 0.304. The maximum Gasteiger partial charge on any atom is 0.233 e. The second kappa shape index (κ2) is 29.4. The van der Waals surface area contributed by atoms with Crippen LogP contribution in [0.2, 0.25) is 39.3 Å². The molecule has 0 atom stereocenters. The molecule has 0 amide bonds. The van der Waals surface area contributed by atoms with Gasteiger partial charge in [-0.15, -0.1) is 11.1 Å². The highest BCUT2D eigenvalue weighted by Crippen LogP contribution is 2.42. The van der Waals surface area contributed by atoms with Crippen molar-refractivity contribution < 1.29 is 18.9 Å². The summed E-state index contributed by atoms with van der Waals surface area (Å²) in [6.07, 6.45) is 8.93. The van der Waals surface area contributed by atoms with Gasteiger partial charge in [0.1, 0.15) is 39.1 Å². The van der Waals surface area contributed by atoms with Gasteiger partial charge < -0.3 is 51.7 Å². The van der Waals surface area contributed by atoms with Crippen LogP contribution < -0.4 is 51.7 Å². The summed E-state index contributed by atoms with van der Waals surface area (Å²) >= 11 is 0. The number of unbranched alkanes of at least 4 members (excludes halogenated alkanes) is 2. The molecule has 2 heterocycles. The Morgan fingerprint density at radius 3 is 0.951 bits per heavy atom. The summed E-state index contributed by atoms with van der Waals surface area (Å²) in [7, 11) is -3.68. The van der Waals surface area contributed by atoms with E-state index in [0.717, 1.165) is 141 Å². The molecule has 1 aliphatic carbocycles. The summed E-state index contributed by atoms with van der Waals surface area (Å²) in [4.78, 5) is 27.6. The number of nitrogen functional groups attached to an aromatic ring is 2. The monoisotopic (exact) mass is 1140 g/mol. The Morgan fingerprint density at radius 2 is 0.683 bits per heavy atom. The largest absolute Gasteiger partial charge is 0.493 e. The summed E-state index contributed by atoms with van der Waals surface area (Å²) in [5, 5.41) is 13.8. The van der Waals surface area contributed by atoms with Crippen LogP contribution in [0.5, 0.6) is 23.0 Å². The van der Waals surface area contributed by atoms with Crippen molar-refractivity contribution >= 4 is 63.2 Å². The molecule has 82 heavy (non-hydrogen) atoms. The molecular formula is C64H88N12O4Si2. The quantitative estimate of drug-likeness (QED) is 0.0189. The average Bonchev–Trinajstić information content (AvgIpc) is 3.61. The Hall–Kier alpha value is -7.55. The first-order chi connectivity index (χ1) is 39.4. The average molecular weight is 1150 g/mol. The van der Waals surface area contributed by atoms with Crippen LogP contribution in [-0.4, -0.2) is 85.6 Å². The van der Waals surface area contributed by atoms with Gasteiger partial charge in [0.25, 0.3) is 0 Å². The van der Waals surface area contributed by atoms with Gasteiger partial charge in [-0.2, -0.15) is 29.9 Å². The van der Waals surface area contributed by atoms with Gasteiger partial charge in [-0.3, -0.25) is 0 Å². The number of nitrogens with one attached hydrogen (secondary N) is 4. The normalized spacial score (nSPS) is 12.0. The molecule has 0 unspecified atom stereocenters. The maximum absolute atomic E-state index is 7.01. The van der Waals surface area contributed by atoms with Crippen LogP contribution in [-0.2, 0) is 25.7 Å². The zero-order chi connectivity index (χ0) is 58.8. The number of anilines is 8. The second-order valence-corrected chi connectivity index (χ2v) is 32.6. The van der Waals surface area contributed by atoms with Crippen LogP contribution in [0.1, 0.15) is 149 Å². The topological polar surface area (TPSA) is 214 Å². The highest BCUT2D eigenvalue weighted by atomic mass is 28.3. The minimum Gasteiger partial charge on any atom is -0.493 e. The first-order valence-corrected chi connectivity index (χ1v) is 36.6. The lowest BCUT2D eigenvalue weighted by Gasteiger charge is -2.24. The molecule has 8 N–H and O–H groups in total. The number of fused-ring (bicyclic) bond motifs is 8. The molecule has 16 nitrogen and oxygen atoms in total. The lowest BCUT2D eigenvalue weighted by Crippen LogP contribution is -2.16. The molecule has 18 heteroatoms. The van der Waals surface area contributed by atoms with Crippen LogP contribution in [0.4, 0.5) is 47.1 Å². The standard InChI is InChI=1S/C64H88N12O4Si2/c1-13-19-23-67-61-71-59(65)73-63(75-61)69-53-39-49-35-45-31-43(21-29-81(7,8)9)33-47(55(45)77-25-15-3)37-51-41-54(70-64-74-60(66)72-62(76-64)68-24-20-14-2)42-52(58(51)80-28-18-6)38-48-34-44(22-30-82(10,11)12)32-46(56(48)78-26-16-4)36-50(40-53)57(49)79-27-17-5/h31-34,39-42H,13-20,23-28,35-38H2,1-12H3,(H4,65,67,69,71,73,75)(H4,66,68,70,72,74,76). The third-order valence-electron chi connectivity index (χ3n) is 12.9. The highest BCUT2D eigenvalue weighted by Gasteiger charge is 2.26. The Labute approximate surface area is 490 Å². The fourth-order valence-electron chi connectivity index (χ4n) is 9.32. The van der Waals surface area contributed by atoms with Gasteiger partial charge in [0.2, 0.25) is 35.7 Å². The number of nitrogens with two attached hydrogens (primary N) is 2. The van der Waals surface area contributed by atoms with Gasteiger partial charge >= 0.3 is 0 Å². The summed E-state index contributed by atoms with van der Waals surface area (Å²) < 4.78 is 28.0. The highest BCUT2D eigenvalue weighted by molar-refractivity contribution is 6.84. The minimum absolute atomic E-state index is 0.111. The van der Waals surface area contributed by atoms with Gasteiger partial charge in [0.05, 0.1) is 26.4 Å². The van der Waals surface area contributed by atoms with Crippen molar-refractivity contribution in [2.45, 2.75) is 158 Å². The van der Waals surface area contributed by atoms with Crippen molar-refractivity contribution in [3.8, 4) is 45.9 Å². The zero-order valence-electron chi connectivity index (χ0n) is 50.8. The van der Waals surface area contributed by atoms with Gasteiger partial charge in [-0.25, -0.2) is 0 Å². The Morgan fingerprint density at radius 1 is 0.402 bits per heavy atom. The first-order valence-electron chi connectivity index (χ1n) is 29.6. The van der Waals surface area contributed by atoms with E-state index in [0.29, 0.717) is 89.0 Å². The number of hydrogen-bond donors (Lipinski definition) is 6. The van der Waals surface area contributed by atoms with E-state index in [1.807, 2.05) is 0 Å². The summed E-state index contributed by atoms with van der Waals surface area (Å²) in [5.74, 6) is 12.1. The smallest absolute Gasteiger partial charge is 0.233 e. The molecular weight excluding hydrogens is 1060 g/mol. The fraction of sp³-hybridized carbons (Fsp3) is 0.469. The predicted octanol–water partition coefficient (Wildman–Crippen LogP) is 13.4. The molecule has 0 spiro atoms. The Bertz CT molecular complexity index is 2970. The number of nitrogens with zero attached hydrogens (tertiary/aromatic N) is 6. The minimum atomic E-state index is -1.84. The van der Waals surface area contributed by atoms with Crippen LogP contribution in [0.25, 0.3) is 0 Å². The van der Waals surface area contributed by atoms with E-state index < -0.39 is 16.1 Å². The Balaban J connectivity index is 1.59. The molecule has 0 saturated carbocycles. The molecule has 0 radical (unpaired) electrons. The number of ether oxygens (including phenoxy) is 4. The predicted molar refractivity (Wildman–Crippen MR) is 342 cm³/mol. The number of rotatable bonds is 24. The second-order valence-electron chi connectivity index (χ2n) is 23.1. The van der Waals surface area contributed by atoms with Crippen molar-refractivity contribution in [3.63, 3.8) is 0 Å². The zero-order valence-corrected chi connectivity index (χ0v) is 52.8. The third kappa shape index (κ3) is 18.2. The summed E-state index contributed by atoms with van der Waals surface area (Å²) in [6.45, 7) is 29.9. The lowest BCUT2D eigenvalue weighted by atomic mass is 9.89. The van der Waals surface area contributed by atoms with E-state index in [-0.39, 0.29) is 11.9 Å². The molecule has 2 aromatic heterocycles. The van der Waals surface area contributed by atoms with Crippen LogP contribution >= 0.6 is 0 Å². The van der Waals surface area contributed by atoms with Crippen LogP contribution in [0, 0.1) is 22.9 Å². The van der Waals surface area contributed by atoms with E-state index in [1.54, 1.807) is 0 Å². The van der Waals surface area contributed by atoms with E-state index in [4.69, 9.17) is 40.4 Å². The van der Waals surface area contributed by atoms with Crippen molar-refractivity contribution in [1.29, 1.82) is 0 Å². The third-order valence-corrected chi connectivity index (χ3v) is 14.7. The van der Waals surface area contributed by atoms with E-state index in [1.165, 1.54) is 0 Å². The summed E-state index contributed by atoms with van der Waals surface area (Å²) in [5.41, 5.74) is 31.1. The van der Waals surface area contributed by atoms with Crippen molar-refractivity contribution in [3.05, 3.63) is 104 Å². The van der Waals surface area contributed by atoms with Crippen molar-refractivity contribution in [2.75, 3.05) is 72.3 Å². The van der Waals surface area contributed by atoms with Gasteiger partial charge in [0, 0.05) is 106 Å². The molecule has 6 aromatic rings. The van der Waals surface area contributed by atoms with Gasteiger partial charge in [-0.05, 0) is 87.1 Å². The SMILES string of the molecule is CCCCNc1nc(N)nc(Nc2cc3c(OCCC)c(c2)Cc2cc(C#C[Si](C)(C)C)cc(c2OCCC)Cc2cc(Nc4nc(N)nc(NCCCC)n4)cc(c2OCCC)Cc2cc(C#C[Si](C)(C)C)cc(c2OCCC)C3)n1. The van der Waals surface area contributed by atoms with Gasteiger partial charge in [0.15, 0.2) is 0 Å². The van der Waals surface area contributed by atoms with E-state index in [9.17, 15) is 0 Å². The van der Waals surface area contributed by atoms with E-state index >= 15 is 0 Å². The molecule has 0 fully saturated rings. The van der Waals surface area contributed by atoms with Crippen molar-refractivity contribution in [2.24, 2.45) is 0 Å². The number of aromatic nitrogens is 6. The molecule has 0 saturated heterocycles. The van der Waals surface area contributed by atoms with Crippen LogP contribution in [0.3, 0.4) is 0 Å². The number of benzene rings is 4. The maximum atomic E-state index is 7.01. The van der Waals surface area contributed by atoms with E-state index in [2.05, 4.69) is 193 Å². The van der Waals surface area contributed by atoms with Gasteiger partial charge in [-0.1, -0.05) is 106 Å². The molecule has 7 rings (SSSR count). The molecule has 436 valence electrons. The van der Waals surface area contributed by atoms with Crippen LogP contribution in [0.15, 0.2) is 48.5 Å². The first kappa shape index (κ1) is 62.1. The molecule has 4 aromatic carbocycles. The molecule has 8 bridgehead atoms. The fourth-order valence-corrected chi connectivity index (χ4v) is 10.4. The number of hydrogen-bond acceptors (Lipinski definition) is 16. The molecule has 0 aliphatic heterocycles. The Kier molecular flexibility index (Phi) is 22.3. The molecule has 1 aliphatic rings. The summed E-state index contributed by atoms with van der Waals surface area (Å²) in [6, 6.07) is 17.4. The van der Waals surface area contributed by atoms with Crippen molar-refractivity contribution in [1.82, 2.24) is 29.9 Å².